The largest absolute Gasteiger partial charge is 0.399 e. The van der Waals surface area contributed by atoms with Gasteiger partial charge < -0.3 is 11.1 Å². The van der Waals surface area contributed by atoms with E-state index < -0.39 is 0 Å². The van der Waals surface area contributed by atoms with E-state index in [1.807, 2.05) is 12.4 Å². The molecule has 4 nitrogen and oxygen atoms in total. The summed E-state index contributed by atoms with van der Waals surface area (Å²) >= 11 is 0. The van der Waals surface area contributed by atoms with Gasteiger partial charge in [0.1, 0.15) is 0 Å². The Morgan fingerprint density at radius 2 is 2.16 bits per heavy atom. The molecule has 1 aliphatic heterocycles. The van der Waals surface area contributed by atoms with Crippen molar-refractivity contribution in [3.05, 3.63) is 66.0 Å². The Bertz CT molecular complexity index is 885. The lowest BCUT2D eigenvalue weighted by Gasteiger charge is -2.19. The van der Waals surface area contributed by atoms with Crippen molar-refractivity contribution in [2.45, 2.75) is 25.9 Å². The highest BCUT2D eigenvalue weighted by molar-refractivity contribution is 5.93. The van der Waals surface area contributed by atoms with Crippen LogP contribution in [0.4, 0.5) is 11.4 Å². The van der Waals surface area contributed by atoms with Gasteiger partial charge in [-0.1, -0.05) is 24.3 Å². The Morgan fingerprint density at radius 1 is 1.24 bits per heavy atom. The summed E-state index contributed by atoms with van der Waals surface area (Å²) in [4.78, 5) is 6.71. The van der Waals surface area contributed by atoms with Gasteiger partial charge in [-0.15, -0.1) is 0 Å². The first-order chi connectivity index (χ1) is 12.2. The van der Waals surface area contributed by atoms with Crippen LogP contribution in [-0.2, 0) is 6.54 Å². The van der Waals surface area contributed by atoms with Crippen molar-refractivity contribution in [1.29, 1.82) is 0 Å². The minimum Gasteiger partial charge on any atom is -0.399 e. The summed E-state index contributed by atoms with van der Waals surface area (Å²) in [6.45, 7) is 5.17. The lowest BCUT2D eigenvalue weighted by atomic mass is 10.1. The quantitative estimate of drug-likeness (QED) is 0.713. The second-order valence-corrected chi connectivity index (χ2v) is 6.96. The molecule has 1 aromatic heterocycles. The highest BCUT2D eigenvalue weighted by Gasteiger charge is 2.22. The monoisotopic (exact) mass is 332 g/mol. The Kier molecular flexibility index (Phi) is 4.28. The number of benzene rings is 2. The van der Waals surface area contributed by atoms with E-state index in [2.05, 4.69) is 64.6 Å². The van der Waals surface area contributed by atoms with Gasteiger partial charge in [0.2, 0.25) is 0 Å². The molecule has 2 heterocycles. The summed E-state index contributed by atoms with van der Waals surface area (Å²) in [5.74, 6) is 0. The summed E-state index contributed by atoms with van der Waals surface area (Å²) in [6, 6.07) is 15.3. The van der Waals surface area contributed by atoms with Gasteiger partial charge in [-0.05, 0) is 42.7 Å². The smallest absolute Gasteiger partial charge is 0.0423 e. The molecule has 3 N–H and O–H groups in total. The van der Waals surface area contributed by atoms with Crippen molar-refractivity contribution in [3.63, 3.8) is 0 Å². The summed E-state index contributed by atoms with van der Waals surface area (Å²) in [6.07, 6.45) is 4.93. The third-order valence-electron chi connectivity index (χ3n) is 5.06. The Hall–Kier alpha value is -2.59. The maximum Gasteiger partial charge on any atom is 0.0423 e. The predicted molar refractivity (Wildman–Crippen MR) is 105 cm³/mol. The predicted octanol–water partition coefficient (Wildman–Crippen LogP) is 3.81. The molecule has 2 aromatic carbocycles. The summed E-state index contributed by atoms with van der Waals surface area (Å²) in [7, 11) is 0. The molecule has 0 saturated carbocycles. The van der Waals surface area contributed by atoms with Gasteiger partial charge >= 0.3 is 0 Å². The van der Waals surface area contributed by atoms with Gasteiger partial charge in [-0.25, -0.2) is 0 Å². The molecule has 0 aliphatic carbocycles. The number of pyridine rings is 1. The van der Waals surface area contributed by atoms with Crippen LogP contribution in [0, 0.1) is 6.92 Å². The number of aromatic nitrogens is 1. The van der Waals surface area contributed by atoms with Crippen LogP contribution in [0.2, 0.25) is 0 Å². The van der Waals surface area contributed by atoms with E-state index in [9.17, 15) is 0 Å². The zero-order chi connectivity index (χ0) is 17.2. The van der Waals surface area contributed by atoms with Crippen LogP contribution in [0.5, 0.6) is 0 Å². The number of rotatable bonds is 4. The maximum absolute atomic E-state index is 6.04. The Balaban J connectivity index is 1.43. The number of nitrogens with one attached hydrogen (secondary N) is 1. The fourth-order valence-electron chi connectivity index (χ4n) is 3.61. The molecular formula is C21H24N4. The van der Waals surface area contributed by atoms with Crippen LogP contribution in [0.3, 0.4) is 0 Å². The number of anilines is 2. The molecule has 4 rings (SSSR count). The molecule has 1 fully saturated rings. The minimum atomic E-state index is 0.474. The van der Waals surface area contributed by atoms with Crippen molar-refractivity contribution in [1.82, 2.24) is 9.88 Å². The maximum atomic E-state index is 6.04. The average Bonchev–Trinajstić information content (AvgIpc) is 3.05. The molecule has 0 radical (unpaired) electrons. The van der Waals surface area contributed by atoms with Crippen LogP contribution in [0.1, 0.15) is 17.5 Å². The third kappa shape index (κ3) is 3.44. The first-order valence-electron chi connectivity index (χ1n) is 8.86. The SMILES string of the molecule is Cc1ccc(CN2CCC(Nc3cccc4cnccc34)C2)cc1N. The zero-order valence-electron chi connectivity index (χ0n) is 14.6. The van der Waals surface area contributed by atoms with Crippen molar-refractivity contribution >= 4 is 22.1 Å². The topological polar surface area (TPSA) is 54.2 Å². The number of nitrogens with zero attached hydrogens (tertiary/aromatic N) is 2. The van der Waals surface area contributed by atoms with Crippen molar-refractivity contribution in [2.75, 3.05) is 24.1 Å². The normalized spacial score (nSPS) is 17.9. The molecular weight excluding hydrogens is 308 g/mol. The second-order valence-electron chi connectivity index (χ2n) is 6.96. The molecule has 3 aromatic rings. The second kappa shape index (κ2) is 6.73. The van der Waals surface area contributed by atoms with Crippen LogP contribution < -0.4 is 11.1 Å². The van der Waals surface area contributed by atoms with E-state index in [-0.39, 0.29) is 0 Å². The first-order valence-corrected chi connectivity index (χ1v) is 8.86. The molecule has 0 amide bonds. The van der Waals surface area contributed by atoms with Gasteiger partial charge in [0.05, 0.1) is 0 Å². The van der Waals surface area contributed by atoms with Crippen molar-refractivity contribution in [2.24, 2.45) is 0 Å². The van der Waals surface area contributed by atoms with E-state index in [1.165, 1.54) is 22.0 Å². The molecule has 1 aliphatic rings. The minimum absolute atomic E-state index is 0.474. The summed E-state index contributed by atoms with van der Waals surface area (Å²) < 4.78 is 0. The molecule has 128 valence electrons. The zero-order valence-corrected chi connectivity index (χ0v) is 14.6. The Morgan fingerprint density at radius 3 is 3.04 bits per heavy atom. The van der Waals surface area contributed by atoms with Crippen molar-refractivity contribution < 1.29 is 0 Å². The fourth-order valence-corrected chi connectivity index (χ4v) is 3.61. The van der Waals surface area contributed by atoms with Crippen LogP contribution in [0.15, 0.2) is 54.9 Å². The fraction of sp³-hybridized carbons (Fsp3) is 0.286. The number of fused-ring (bicyclic) bond motifs is 1. The highest BCUT2D eigenvalue weighted by Crippen LogP contribution is 2.25. The third-order valence-corrected chi connectivity index (χ3v) is 5.06. The highest BCUT2D eigenvalue weighted by atomic mass is 15.2. The van der Waals surface area contributed by atoms with E-state index in [4.69, 9.17) is 5.73 Å². The van der Waals surface area contributed by atoms with E-state index in [0.29, 0.717) is 6.04 Å². The standard InChI is InChI=1S/C21H24N4/c1-15-5-6-16(11-20(15)22)13-25-10-8-18(14-25)24-21-4-2-3-17-12-23-9-7-19(17)21/h2-7,9,11-12,18,24H,8,10,13-14,22H2,1H3. The number of hydrogen-bond acceptors (Lipinski definition) is 4. The number of nitrogen functional groups attached to an aromatic ring is 1. The molecule has 1 atom stereocenters. The number of aryl methyl sites for hydroxylation is 1. The van der Waals surface area contributed by atoms with Gasteiger partial charge in [-0.2, -0.15) is 0 Å². The van der Waals surface area contributed by atoms with Gasteiger partial charge in [-0.3, -0.25) is 9.88 Å². The van der Waals surface area contributed by atoms with E-state index >= 15 is 0 Å². The van der Waals surface area contributed by atoms with Crippen LogP contribution >= 0.6 is 0 Å². The molecule has 0 spiro atoms. The molecule has 25 heavy (non-hydrogen) atoms. The van der Waals surface area contributed by atoms with Crippen LogP contribution in [-0.4, -0.2) is 29.0 Å². The van der Waals surface area contributed by atoms with Gasteiger partial charge in [0.25, 0.3) is 0 Å². The van der Waals surface area contributed by atoms with Gasteiger partial charge in [0, 0.05) is 60.2 Å². The van der Waals surface area contributed by atoms with E-state index in [0.717, 1.165) is 37.3 Å². The first kappa shape index (κ1) is 15.9. The molecule has 1 unspecified atom stereocenters. The molecule has 1 saturated heterocycles. The summed E-state index contributed by atoms with van der Waals surface area (Å²) in [5.41, 5.74) is 10.6. The van der Waals surface area contributed by atoms with Crippen molar-refractivity contribution in [3.8, 4) is 0 Å². The summed E-state index contributed by atoms with van der Waals surface area (Å²) in [5, 5.41) is 6.14. The Labute approximate surface area is 148 Å². The number of likely N-dealkylation sites (tertiary alicyclic amines) is 1. The lowest BCUT2D eigenvalue weighted by molar-refractivity contribution is 0.329. The number of hydrogen-bond donors (Lipinski definition) is 2. The average molecular weight is 332 g/mol. The lowest BCUT2D eigenvalue weighted by Crippen LogP contribution is -2.26. The molecule has 0 bridgehead atoms. The number of nitrogens with two attached hydrogens (primary N) is 1. The molecule has 4 heteroatoms. The van der Waals surface area contributed by atoms with Crippen LogP contribution in [0.25, 0.3) is 10.8 Å². The van der Waals surface area contributed by atoms with Gasteiger partial charge in [0.15, 0.2) is 0 Å². The van der Waals surface area contributed by atoms with E-state index in [1.54, 1.807) is 0 Å².